The number of imide groups is 1. The molecule has 0 bridgehead atoms. The Hall–Kier alpha value is -2.61. The second kappa shape index (κ2) is 8.26. The smallest absolute Gasteiger partial charge is 0.329 e. The Morgan fingerprint density at radius 3 is 2.73 bits per heavy atom. The van der Waals surface area contributed by atoms with E-state index >= 15 is 0 Å². The zero-order valence-corrected chi connectivity index (χ0v) is 17.3. The number of nitrogens with one attached hydrogen (secondary N) is 1. The molecule has 2 saturated heterocycles. The number of carbonyl (C=O) groups excluding carboxylic acids is 3. The lowest BCUT2D eigenvalue weighted by Gasteiger charge is -2.47. The molecule has 3 atom stereocenters. The molecule has 2 N–H and O–H groups in total. The summed E-state index contributed by atoms with van der Waals surface area (Å²) in [6.45, 7) is 1.13. The number of anilines is 1. The Bertz CT molecular complexity index is 827. The number of urea groups is 1. The second-order valence-corrected chi connectivity index (χ2v) is 8.55. The van der Waals surface area contributed by atoms with E-state index in [4.69, 9.17) is 4.74 Å². The standard InChI is InChI=1S/C22H29N3O5/c1-30-17-7-5-16(6-8-17)25-20(27)18(23-21(25)28)9-10-19(26)24-13-12-22(29)11-3-2-4-15(22)14-24/h5-8,15,18,29H,2-4,9-14H2,1H3,(H,23,28). The first-order valence-corrected chi connectivity index (χ1v) is 10.7. The first-order valence-electron chi connectivity index (χ1n) is 10.7. The maximum absolute atomic E-state index is 12.7. The Morgan fingerprint density at radius 2 is 2.00 bits per heavy atom. The molecule has 8 heteroatoms. The minimum Gasteiger partial charge on any atom is -0.497 e. The molecule has 1 aromatic carbocycles. The third kappa shape index (κ3) is 3.88. The molecule has 0 radical (unpaired) electrons. The largest absolute Gasteiger partial charge is 0.497 e. The number of benzene rings is 1. The van der Waals surface area contributed by atoms with E-state index in [1.165, 1.54) is 0 Å². The van der Waals surface area contributed by atoms with Gasteiger partial charge in [0.2, 0.25) is 5.91 Å². The molecule has 4 amide bonds. The second-order valence-electron chi connectivity index (χ2n) is 8.55. The van der Waals surface area contributed by atoms with E-state index in [9.17, 15) is 19.5 Å². The fraction of sp³-hybridized carbons (Fsp3) is 0.591. The maximum atomic E-state index is 12.7. The SMILES string of the molecule is COc1ccc(N2C(=O)NC(CCC(=O)N3CCC4(O)CCCCC4C3)C2=O)cc1. The van der Waals surface area contributed by atoms with Gasteiger partial charge in [0.05, 0.1) is 18.4 Å². The van der Waals surface area contributed by atoms with Crippen LogP contribution in [-0.4, -0.2) is 59.7 Å². The maximum Gasteiger partial charge on any atom is 0.329 e. The Labute approximate surface area is 176 Å². The van der Waals surface area contributed by atoms with Crippen molar-refractivity contribution in [2.24, 2.45) is 5.92 Å². The van der Waals surface area contributed by atoms with Crippen molar-refractivity contribution in [3.05, 3.63) is 24.3 Å². The van der Waals surface area contributed by atoms with Gasteiger partial charge in [-0.15, -0.1) is 0 Å². The molecular weight excluding hydrogens is 386 g/mol. The van der Waals surface area contributed by atoms with E-state index in [2.05, 4.69) is 5.32 Å². The lowest BCUT2D eigenvalue weighted by Crippen LogP contribution is -2.54. The highest BCUT2D eigenvalue weighted by Gasteiger charge is 2.44. The van der Waals surface area contributed by atoms with Crippen LogP contribution >= 0.6 is 0 Å². The summed E-state index contributed by atoms with van der Waals surface area (Å²) in [6.07, 6.45) is 5.00. The summed E-state index contributed by atoms with van der Waals surface area (Å²) in [5.74, 6) is 0.410. The number of rotatable bonds is 5. The molecule has 2 aliphatic heterocycles. The van der Waals surface area contributed by atoms with Crippen LogP contribution in [0, 0.1) is 5.92 Å². The topological polar surface area (TPSA) is 99.2 Å². The average molecular weight is 415 g/mol. The van der Waals surface area contributed by atoms with Crippen LogP contribution in [0.25, 0.3) is 0 Å². The van der Waals surface area contributed by atoms with Gasteiger partial charge in [0.1, 0.15) is 11.8 Å². The van der Waals surface area contributed by atoms with Crippen LogP contribution in [0.1, 0.15) is 44.9 Å². The van der Waals surface area contributed by atoms with Crippen LogP contribution in [0.3, 0.4) is 0 Å². The van der Waals surface area contributed by atoms with Crippen LogP contribution in [0.4, 0.5) is 10.5 Å². The summed E-state index contributed by atoms with van der Waals surface area (Å²) in [5.41, 5.74) is -0.150. The first-order chi connectivity index (χ1) is 14.4. The molecule has 162 valence electrons. The van der Waals surface area contributed by atoms with E-state index in [0.29, 0.717) is 30.9 Å². The van der Waals surface area contributed by atoms with Gasteiger partial charge in [-0.2, -0.15) is 0 Å². The van der Waals surface area contributed by atoms with E-state index in [0.717, 1.165) is 30.6 Å². The van der Waals surface area contributed by atoms with Gasteiger partial charge in [-0.25, -0.2) is 9.69 Å². The Kier molecular flexibility index (Phi) is 5.69. The number of piperidine rings is 1. The van der Waals surface area contributed by atoms with Crippen molar-refractivity contribution in [1.29, 1.82) is 0 Å². The van der Waals surface area contributed by atoms with Crippen molar-refractivity contribution < 1.29 is 24.2 Å². The van der Waals surface area contributed by atoms with Gasteiger partial charge in [-0.3, -0.25) is 9.59 Å². The van der Waals surface area contributed by atoms with Crippen molar-refractivity contribution in [2.45, 2.75) is 56.6 Å². The lowest BCUT2D eigenvalue weighted by molar-refractivity contribution is -0.143. The summed E-state index contributed by atoms with van der Waals surface area (Å²) >= 11 is 0. The summed E-state index contributed by atoms with van der Waals surface area (Å²) in [7, 11) is 1.55. The van der Waals surface area contributed by atoms with Crippen molar-refractivity contribution in [3.8, 4) is 5.75 Å². The molecule has 3 fully saturated rings. The van der Waals surface area contributed by atoms with Gasteiger partial charge in [-0.05, 0) is 49.9 Å². The summed E-state index contributed by atoms with van der Waals surface area (Å²) in [5, 5.41) is 13.5. The predicted octanol–water partition coefficient (Wildman–Crippen LogP) is 2.05. The van der Waals surface area contributed by atoms with E-state index < -0.39 is 17.7 Å². The molecule has 2 heterocycles. The van der Waals surface area contributed by atoms with Gasteiger partial charge in [0.25, 0.3) is 5.91 Å². The average Bonchev–Trinajstić information content (AvgIpc) is 3.04. The minimum absolute atomic E-state index is 0.0208. The number of hydrogen-bond donors (Lipinski definition) is 2. The molecule has 8 nitrogen and oxygen atoms in total. The van der Waals surface area contributed by atoms with E-state index in [1.54, 1.807) is 31.4 Å². The number of carbonyl (C=O) groups is 3. The fourth-order valence-electron chi connectivity index (χ4n) is 4.93. The quantitative estimate of drug-likeness (QED) is 0.717. The fourth-order valence-corrected chi connectivity index (χ4v) is 4.93. The third-order valence-corrected chi connectivity index (χ3v) is 6.78. The monoisotopic (exact) mass is 415 g/mol. The molecular formula is C22H29N3O5. The number of fused-ring (bicyclic) bond motifs is 1. The van der Waals surface area contributed by atoms with Gasteiger partial charge >= 0.3 is 6.03 Å². The van der Waals surface area contributed by atoms with Crippen molar-refractivity contribution >= 4 is 23.5 Å². The highest BCUT2D eigenvalue weighted by Crippen LogP contribution is 2.40. The third-order valence-electron chi connectivity index (χ3n) is 6.78. The number of nitrogens with zero attached hydrogens (tertiary/aromatic N) is 2. The summed E-state index contributed by atoms with van der Waals surface area (Å²) in [4.78, 5) is 40.7. The van der Waals surface area contributed by atoms with Crippen LogP contribution in [0.5, 0.6) is 5.75 Å². The number of hydrogen-bond acceptors (Lipinski definition) is 5. The number of aliphatic hydroxyl groups is 1. The number of methoxy groups -OCH3 is 1. The van der Waals surface area contributed by atoms with Gasteiger partial charge in [-0.1, -0.05) is 12.8 Å². The summed E-state index contributed by atoms with van der Waals surface area (Å²) < 4.78 is 5.11. The predicted molar refractivity (Wildman–Crippen MR) is 110 cm³/mol. The van der Waals surface area contributed by atoms with Crippen LogP contribution < -0.4 is 15.0 Å². The number of ether oxygens (including phenoxy) is 1. The molecule has 1 saturated carbocycles. The first kappa shape index (κ1) is 20.7. The Balaban J connectivity index is 1.33. The zero-order chi connectivity index (χ0) is 21.3. The molecule has 3 aliphatic rings. The highest BCUT2D eigenvalue weighted by atomic mass is 16.5. The lowest BCUT2D eigenvalue weighted by atomic mass is 9.71. The molecule has 1 aliphatic carbocycles. The van der Waals surface area contributed by atoms with Gasteiger partial charge < -0.3 is 20.1 Å². The molecule has 0 aromatic heterocycles. The van der Waals surface area contributed by atoms with E-state index in [-0.39, 0.29) is 30.6 Å². The van der Waals surface area contributed by atoms with Crippen LogP contribution in [0.2, 0.25) is 0 Å². The van der Waals surface area contributed by atoms with Crippen LogP contribution in [-0.2, 0) is 9.59 Å². The molecule has 3 unspecified atom stereocenters. The summed E-state index contributed by atoms with van der Waals surface area (Å²) in [6, 6.07) is 5.50. The van der Waals surface area contributed by atoms with Gasteiger partial charge in [0, 0.05) is 25.4 Å². The van der Waals surface area contributed by atoms with E-state index in [1.807, 2.05) is 4.90 Å². The molecule has 30 heavy (non-hydrogen) atoms. The normalized spacial score (nSPS) is 28.9. The number of likely N-dealkylation sites (tertiary alicyclic amines) is 1. The van der Waals surface area contributed by atoms with Gasteiger partial charge in [0.15, 0.2) is 0 Å². The molecule has 4 rings (SSSR count). The zero-order valence-electron chi connectivity index (χ0n) is 17.3. The highest BCUT2D eigenvalue weighted by molar-refractivity contribution is 6.21. The van der Waals surface area contributed by atoms with Crippen LogP contribution in [0.15, 0.2) is 24.3 Å². The Morgan fingerprint density at radius 1 is 1.23 bits per heavy atom. The number of amides is 4. The molecule has 0 spiro atoms. The molecule has 1 aromatic rings. The van der Waals surface area contributed by atoms with Crippen molar-refractivity contribution in [3.63, 3.8) is 0 Å². The van der Waals surface area contributed by atoms with Crippen molar-refractivity contribution in [1.82, 2.24) is 10.2 Å². The minimum atomic E-state index is -0.708. The van der Waals surface area contributed by atoms with Crippen molar-refractivity contribution in [2.75, 3.05) is 25.1 Å².